The third kappa shape index (κ3) is 1.94. The molecule has 1 aliphatic rings. The van der Waals surface area contributed by atoms with Gasteiger partial charge in [0.15, 0.2) is 6.61 Å². The maximum absolute atomic E-state index is 11.6. The molecular weight excluding hydrogens is 208 g/mol. The Balaban J connectivity index is 2.22. The molecule has 1 aromatic rings. The van der Waals surface area contributed by atoms with Crippen LogP contribution < -0.4 is 9.64 Å². The van der Waals surface area contributed by atoms with Gasteiger partial charge in [-0.2, -0.15) is 0 Å². The van der Waals surface area contributed by atoms with Crippen molar-refractivity contribution in [3.05, 3.63) is 24.3 Å². The fourth-order valence-electron chi connectivity index (χ4n) is 1.59. The van der Waals surface area contributed by atoms with Crippen LogP contribution in [0.1, 0.15) is 0 Å². The highest BCUT2D eigenvalue weighted by molar-refractivity contribution is 5.97. The van der Waals surface area contributed by atoms with E-state index in [2.05, 4.69) is 4.99 Å². The molecule has 16 heavy (non-hydrogen) atoms. The number of carbonyl (C=O) groups excluding carboxylic acids is 2. The van der Waals surface area contributed by atoms with E-state index in [4.69, 9.17) is 4.74 Å². The van der Waals surface area contributed by atoms with Crippen molar-refractivity contribution < 1.29 is 14.3 Å². The molecule has 1 heterocycles. The second-order valence-electron chi connectivity index (χ2n) is 3.27. The summed E-state index contributed by atoms with van der Waals surface area (Å²) in [5.74, 6) is 0.553. The number of nitrogens with zero attached hydrogens (tertiary/aromatic N) is 2. The van der Waals surface area contributed by atoms with Gasteiger partial charge in [-0.15, -0.1) is 0 Å². The molecule has 0 bridgehead atoms. The van der Waals surface area contributed by atoms with E-state index in [0.717, 1.165) is 5.69 Å². The van der Waals surface area contributed by atoms with Crippen molar-refractivity contribution in [3.63, 3.8) is 0 Å². The first-order valence-corrected chi connectivity index (χ1v) is 4.89. The number of ether oxygens (including phenoxy) is 1. The molecule has 0 fully saturated rings. The topological polar surface area (TPSA) is 59.0 Å². The summed E-state index contributed by atoms with van der Waals surface area (Å²) in [6.07, 6.45) is 1.45. The molecule has 0 unspecified atom stereocenters. The largest absolute Gasteiger partial charge is 0.482 e. The van der Waals surface area contributed by atoms with Crippen molar-refractivity contribution in [3.8, 4) is 5.75 Å². The first-order valence-electron chi connectivity index (χ1n) is 4.89. The number of hydrogen-bond donors (Lipinski definition) is 0. The summed E-state index contributed by atoms with van der Waals surface area (Å²) < 4.78 is 5.27. The monoisotopic (exact) mass is 218 g/mol. The molecule has 0 atom stereocenters. The average molecular weight is 218 g/mol. The lowest BCUT2D eigenvalue weighted by Gasteiger charge is -2.28. The number of anilines is 1. The van der Waals surface area contributed by atoms with Crippen LogP contribution in [0.15, 0.2) is 29.3 Å². The van der Waals surface area contributed by atoms with Crippen molar-refractivity contribution in [2.75, 3.05) is 24.6 Å². The van der Waals surface area contributed by atoms with Gasteiger partial charge in [0.1, 0.15) is 5.75 Å². The number of rotatable bonds is 3. The summed E-state index contributed by atoms with van der Waals surface area (Å²) in [4.78, 5) is 26.6. The van der Waals surface area contributed by atoms with Gasteiger partial charge in [0.25, 0.3) is 5.91 Å². The van der Waals surface area contributed by atoms with E-state index in [1.165, 1.54) is 6.08 Å². The zero-order valence-electron chi connectivity index (χ0n) is 8.55. The van der Waals surface area contributed by atoms with Crippen LogP contribution in [-0.4, -0.2) is 31.7 Å². The van der Waals surface area contributed by atoms with Crippen LogP contribution in [0.25, 0.3) is 0 Å². The molecule has 82 valence electrons. The van der Waals surface area contributed by atoms with Gasteiger partial charge in [0, 0.05) is 6.54 Å². The van der Waals surface area contributed by atoms with E-state index in [-0.39, 0.29) is 19.1 Å². The van der Waals surface area contributed by atoms with Crippen LogP contribution in [0.2, 0.25) is 0 Å². The van der Waals surface area contributed by atoms with Gasteiger partial charge in [0.05, 0.1) is 12.2 Å². The fraction of sp³-hybridized carbons (Fsp3) is 0.273. The lowest BCUT2D eigenvalue weighted by molar-refractivity contribution is -0.121. The highest BCUT2D eigenvalue weighted by atomic mass is 16.5. The number of benzene rings is 1. The van der Waals surface area contributed by atoms with Crippen molar-refractivity contribution >= 4 is 17.7 Å². The highest BCUT2D eigenvalue weighted by Crippen LogP contribution is 2.30. The number of isocyanates is 1. The van der Waals surface area contributed by atoms with Crippen molar-refractivity contribution in [1.82, 2.24) is 0 Å². The predicted molar refractivity (Wildman–Crippen MR) is 57.3 cm³/mol. The minimum Gasteiger partial charge on any atom is -0.482 e. The van der Waals surface area contributed by atoms with Gasteiger partial charge >= 0.3 is 0 Å². The molecule has 1 aliphatic heterocycles. The van der Waals surface area contributed by atoms with Gasteiger partial charge < -0.3 is 9.64 Å². The molecule has 5 heteroatoms. The van der Waals surface area contributed by atoms with Crippen molar-refractivity contribution in [1.29, 1.82) is 0 Å². The minimum atomic E-state index is -0.125. The van der Waals surface area contributed by atoms with Gasteiger partial charge in [-0.1, -0.05) is 12.1 Å². The number of carbonyl (C=O) groups is 1. The predicted octanol–water partition coefficient (Wildman–Crippen LogP) is 0.748. The van der Waals surface area contributed by atoms with Crippen molar-refractivity contribution in [2.24, 2.45) is 4.99 Å². The molecule has 2 rings (SSSR count). The molecule has 0 aromatic heterocycles. The molecular formula is C11H10N2O3. The lowest BCUT2D eigenvalue weighted by atomic mass is 10.2. The zero-order valence-corrected chi connectivity index (χ0v) is 8.55. The summed E-state index contributed by atoms with van der Waals surface area (Å²) in [5, 5.41) is 0. The van der Waals surface area contributed by atoms with Crippen LogP contribution in [0.4, 0.5) is 5.69 Å². The molecule has 1 amide bonds. The summed E-state index contributed by atoms with van der Waals surface area (Å²) in [5.41, 5.74) is 0.722. The van der Waals surface area contributed by atoms with Crippen LogP contribution in [0, 0.1) is 0 Å². The quantitative estimate of drug-likeness (QED) is 0.555. The number of aliphatic imine (C=N–C) groups is 1. The molecule has 0 spiro atoms. The standard InChI is InChI=1S/C11H10N2O3/c14-8-12-5-6-13-9-3-1-2-4-10(9)16-7-11(13)15/h1-4H,5-7H2. The third-order valence-electron chi connectivity index (χ3n) is 2.31. The first-order chi connectivity index (χ1) is 7.83. The first kappa shape index (κ1) is 10.4. The summed E-state index contributed by atoms with van der Waals surface area (Å²) in [7, 11) is 0. The molecule has 1 aromatic carbocycles. The summed E-state index contributed by atoms with van der Waals surface area (Å²) in [6, 6.07) is 7.28. The Kier molecular flexibility index (Phi) is 2.98. The fourth-order valence-corrected chi connectivity index (χ4v) is 1.59. The Morgan fingerprint density at radius 3 is 3.06 bits per heavy atom. The zero-order chi connectivity index (χ0) is 11.4. The van der Waals surface area contributed by atoms with Crippen LogP contribution >= 0.6 is 0 Å². The van der Waals surface area contributed by atoms with E-state index in [1.54, 1.807) is 17.0 Å². The van der Waals surface area contributed by atoms with Crippen molar-refractivity contribution in [2.45, 2.75) is 0 Å². The molecule has 0 N–H and O–H groups in total. The average Bonchev–Trinajstić information content (AvgIpc) is 2.32. The maximum atomic E-state index is 11.6. The van der Waals surface area contributed by atoms with E-state index in [9.17, 15) is 9.59 Å². The SMILES string of the molecule is O=C=NCCN1C(=O)COc2ccccc21. The van der Waals surface area contributed by atoms with Gasteiger partial charge in [-0.25, -0.2) is 9.79 Å². The van der Waals surface area contributed by atoms with E-state index in [1.807, 2.05) is 12.1 Å². The van der Waals surface area contributed by atoms with Gasteiger partial charge in [0.2, 0.25) is 6.08 Å². The second-order valence-corrected chi connectivity index (χ2v) is 3.27. The number of para-hydroxylation sites is 2. The minimum absolute atomic E-state index is 0.0296. The van der Waals surface area contributed by atoms with Crippen LogP contribution in [0.3, 0.4) is 0 Å². The molecule has 5 nitrogen and oxygen atoms in total. The third-order valence-corrected chi connectivity index (χ3v) is 2.31. The normalized spacial score (nSPS) is 13.8. The molecule has 0 aliphatic carbocycles. The molecule has 0 radical (unpaired) electrons. The van der Waals surface area contributed by atoms with Crippen LogP contribution in [0.5, 0.6) is 5.75 Å². The van der Waals surface area contributed by atoms with Crippen LogP contribution in [-0.2, 0) is 9.59 Å². The number of hydrogen-bond acceptors (Lipinski definition) is 4. The van der Waals surface area contributed by atoms with Gasteiger partial charge in [-0.05, 0) is 12.1 Å². The molecule has 0 saturated heterocycles. The van der Waals surface area contributed by atoms with E-state index in [0.29, 0.717) is 12.3 Å². The summed E-state index contributed by atoms with van der Waals surface area (Å²) >= 11 is 0. The Bertz CT molecular complexity index is 452. The Morgan fingerprint density at radius 1 is 1.44 bits per heavy atom. The highest BCUT2D eigenvalue weighted by Gasteiger charge is 2.24. The smallest absolute Gasteiger partial charge is 0.265 e. The molecule has 0 saturated carbocycles. The lowest BCUT2D eigenvalue weighted by Crippen LogP contribution is -2.40. The number of amides is 1. The van der Waals surface area contributed by atoms with Gasteiger partial charge in [-0.3, -0.25) is 4.79 Å². The second kappa shape index (κ2) is 4.59. The Morgan fingerprint density at radius 2 is 2.25 bits per heavy atom. The van der Waals surface area contributed by atoms with E-state index >= 15 is 0 Å². The van der Waals surface area contributed by atoms with E-state index < -0.39 is 0 Å². The number of fused-ring (bicyclic) bond motifs is 1. The Hall–Kier alpha value is -2.13. The maximum Gasteiger partial charge on any atom is 0.265 e. The Labute approximate surface area is 92.3 Å². The summed E-state index contributed by atoms with van der Waals surface area (Å²) in [6.45, 7) is 0.653.